The SMILES string of the molecule is B[C@@H](CC)[C@@H]1CCC[C@H]2OC(=O)O[C@H]2C[C@H](C)O1. The van der Waals surface area contributed by atoms with Crippen LogP contribution in [0.5, 0.6) is 0 Å². The van der Waals surface area contributed by atoms with E-state index < -0.39 is 6.16 Å². The number of rotatable bonds is 2. The first-order valence-corrected chi connectivity index (χ1v) is 7.12. The summed E-state index contributed by atoms with van der Waals surface area (Å²) < 4.78 is 16.5. The number of fused-ring (bicyclic) bond motifs is 1. The van der Waals surface area contributed by atoms with Gasteiger partial charge in [0.05, 0.1) is 12.2 Å². The molecule has 5 atom stereocenters. The summed E-state index contributed by atoms with van der Waals surface area (Å²) in [6.07, 6.45) is 4.56. The van der Waals surface area contributed by atoms with Crippen LogP contribution in [0.15, 0.2) is 0 Å². The predicted molar refractivity (Wildman–Crippen MR) is 70.5 cm³/mol. The zero-order valence-electron chi connectivity index (χ0n) is 11.6. The van der Waals surface area contributed by atoms with Crippen LogP contribution < -0.4 is 0 Å². The number of hydrogen-bond donors (Lipinski definition) is 0. The molecule has 0 spiro atoms. The maximum Gasteiger partial charge on any atom is 0.509 e. The van der Waals surface area contributed by atoms with Crippen molar-refractivity contribution in [2.24, 2.45) is 0 Å². The zero-order chi connectivity index (χ0) is 13.1. The van der Waals surface area contributed by atoms with E-state index in [0.29, 0.717) is 11.9 Å². The van der Waals surface area contributed by atoms with Crippen LogP contribution in [-0.4, -0.2) is 38.4 Å². The highest BCUT2D eigenvalue weighted by molar-refractivity contribution is 6.12. The Morgan fingerprint density at radius 3 is 2.78 bits per heavy atom. The van der Waals surface area contributed by atoms with Crippen LogP contribution in [0.25, 0.3) is 0 Å². The third-order valence-corrected chi connectivity index (χ3v) is 4.14. The van der Waals surface area contributed by atoms with Crippen molar-refractivity contribution in [1.82, 2.24) is 0 Å². The normalized spacial score (nSPS) is 38.7. The summed E-state index contributed by atoms with van der Waals surface area (Å²) in [5.74, 6) is 0.578. The molecule has 2 rings (SSSR count). The van der Waals surface area contributed by atoms with Crippen molar-refractivity contribution in [2.75, 3.05) is 0 Å². The minimum Gasteiger partial charge on any atom is -0.427 e. The van der Waals surface area contributed by atoms with E-state index in [1.54, 1.807) is 0 Å². The number of hydrogen-bond acceptors (Lipinski definition) is 4. The Bertz CT molecular complexity index is 297. The number of ether oxygens (including phenoxy) is 3. The molecule has 4 nitrogen and oxygen atoms in total. The standard InChI is InChI=1S/C13H23BO4/c1-3-9(14)10-5-4-6-11-12(7-8(2)16-10)18-13(15)17-11/h8-12H,3-7,14H2,1-2H3/t8-,9-,10-,11+,12-/m0/s1. The molecule has 0 bridgehead atoms. The maximum atomic E-state index is 11.2. The molecule has 0 N–H and O–H groups in total. The van der Waals surface area contributed by atoms with Gasteiger partial charge in [-0.25, -0.2) is 4.79 Å². The molecule has 102 valence electrons. The summed E-state index contributed by atoms with van der Waals surface area (Å²) in [5, 5.41) is 0. The maximum absolute atomic E-state index is 11.2. The van der Waals surface area contributed by atoms with Crippen LogP contribution in [0.3, 0.4) is 0 Å². The molecule has 0 aromatic carbocycles. The molecule has 5 heteroatoms. The summed E-state index contributed by atoms with van der Waals surface area (Å²) in [5.41, 5.74) is 0. The fraction of sp³-hybridized carbons (Fsp3) is 0.923. The molecule has 0 amide bonds. The monoisotopic (exact) mass is 254 g/mol. The van der Waals surface area contributed by atoms with Crippen molar-refractivity contribution in [2.45, 2.75) is 76.2 Å². The first-order valence-electron chi connectivity index (χ1n) is 7.12. The van der Waals surface area contributed by atoms with Crippen molar-refractivity contribution >= 4 is 14.0 Å². The van der Waals surface area contributed by atoms with Crippen LogP contribution in [-0.2, 0) is 14.2 Å². The molecule has 0 radical (unpaired) electrons. The average molecular weight is 254 g/mol. The molecule has 0 aliphatic carbocycles. The lowest BCUT2D eigenvalue weighted by atomic mass is 9.78. The Balaban J connectivity index is 1.99. The zero-order valence-corrected chi connectivity index (χ0v) is 11.6. The van der Waals surface area contributed by atoms with E-state index in [4.69, 9.17) is 14.2 Å². The highest BCUT2D eigenvalue weighted by Gasteiger charge is 2.38. The van der Waals surface area contributed by atoms with E-state index in [9.17, 15) is 4.79 Å². The van der Waals surface area contributed by atoms with Gasteiger partial charge in [0, 0.05) is 6.42 Å². The van der Waals surface area contributed by atoms with Crippen LogP contribution in [0, 0.1) is 0 Å². The second-order valence-corrected chi connectivity index (χ2v) is 5.60. The summed E-state index contributed by atoms with van der Waals surface area (Å²) in [6.45, 7) is 4.26. The van der Waals surface area contributed by atoms with Crippen molar-refractivity contribution < 1.29 is 19.0 Å². The summed E-state index contributed by atoms with van der Waals surface area (Å²) >= 11 is 0. The van der Waals surface area contributed by atoms with Gasteiger partial charge in [-0.15, -0.1) is 0 Å². The molecule has 2 aliphatic rings. The van der Waals surface area contributed by atoms with E-state index in [1.165, 1.54) is 0 Å². The van der Waals surface area contributed by atoms with E-state index in [2.05, 4.69) is 21.7 Å². The Morgan fingerprint density at radius 2 is 2.06 bits per heavy atom. The average Bonchev–Trinajstić information content (AvgIpc) is 2.68. The first kappa shape index (κ1) is 13.7. The summed E-state index contributed by atoms with van der Waals surface area (Å²) in [7, 11) is 2.24. The molecule has 0 aromatic rings. The van der Waals surface area contributed by atoms with Crippen LogP contribution in [0.2, 0.25) is 5.82 Å². The second-order valence-electron chi connectivity index (χ2n) is 5.60. The highest BCUT2D eigenvalue weighted by Crippen LogP contribution is 2.30. The molecule has 18 heavy (non-hydrogen) atoms. The third-order valence-electron chi connectivity index (χ3n) is 4.14. The third kappa shape index (κ3) is 3.19. The molecule has 0 saturated carbocycles. The van der Waals surface area contributed by atoms with Gasteiger partial charge in [-0.05, 0) is 32.0 Å². The molecular formula is C13H23BO4. The predicted octanol–water partition coefficient (Wildman–Crippen LogP) is 2.07. The van der Waals surface area contributed by atoms with Gasteiger partial charge in [-0.2, -0.15) is 0 Å². The van der Waals surface area contributed by atoms with Gasteiger partial charge in [0.2, 0.25) is 0 Å². The smallest absolute Gasteiger partial charge is 0.427 e. The Hall–Kier alpha value is -0.705. The van der Waals surface area contributed by atoms with E-state index in [-0.39, 0.29) is 18.3 Å². The van der Waals surface area contributed by atoms with Gasteiger partial charge in [0.1, 0.15) is 20.1 Å². The quantitative estimate of drug-likeness (QED) is 0.559. The second kappa shape index (κ2) is 5.96. The molecule has 2 heterocycles. The van der Waals surface area contributed by atoms with Crippen molar-refractivity contribution in [3.8, 4) is 0 Å². The Labute approximate surface area is 110 Å². The van der Waals surface area contributed by atoms with Gasteiger partial charge >= 0.3 is 6.16 Å². The van der Waals surface area contributed by atoms with E-state index in [1.807, 2.05) is 0 Å². The number of carbonyl (C=O) groups is 1. The van der Waals surface area contributed by atoms with Gasteiger partial charge in [0.25, 0.3) is 0 Å². The molecule has 2 saturated heterocycles. The van der Waals surface area contributed by atoms with Crippen molar-refractivity contribution in [3.05, 3.63) is 0 Å². The number of carbonyl (C=O) groups excluding carboxylic acids is 1. The van der Waals surface area contributed by atoms with E-state index >= 15 is 0 Å². The fourth-order valence-electron chi connectivity index (χ4n) is 2.82. The molecule has 0 aromatic heterocycles. The Morgan fingerprint density at radius 1 is 1.33 bits per heavy atom. The summed E-state index contributed by atoms with van der Waals surface area (Å²) in [4.78, 5) is 11.2. The lowest BCUT2D eigenvalue weighted by molar-refractivity contribution is -0.0276. The molecule has 2 fully saturated rings. The highest BCUT2D eigenvalue weighted by atomic mass is 16.8. The van der Waals surface area contributed by atoms with Gasteiger partial charge in [0.15, 0.2) is 0 Å². The van der Waals surface area contributed by atoms with Crippen LogP contribution >= 0.6 is 0 Å². The van der Waals surface area contributed by atoms with Crippen molar-refractivity contribution in [1.29, 1.82) is 0 Å². The molecule has 0 unspecified atom stereocenters. The lowest BCUT2D eigenvalue weighted by Gasteiger charge is -2.26. The van der Waals surface area contributed by atoms with Gasteiger partial charge < -0.3 is 14.2 Å². The van der Waals surface area contributed by atoms with Crippen LogP contribution in [0.1, 0.15) is 46.0 Å². The van der Waals surface area contributed by atoms with Crippen LogP contribution in [0.4, 0.5) is 4.79 Å². The van der Waals surface area contributed by atoms with E-state index in [0.717, 1.165) is 32.1 Å². The van der Waals surface area contributed by atoms with Gasteiger partial charge in [-0.1, -0.05) is 13.3 Å². The topological polar surface area (TPSA) is 44.8 Å². The van der Waals surface area contributed by atoms with Crippen molar-refractivity contribution in [3.63, 3.8) is 0 Å². The minimum absolute atomic E-state index is 0.0702. The largest absolute Gasteiger partial charge is 0.509 e. The minimum atomic E-state index is -0.517. The fourth-order valence-corrected chi connectivity index (χ4v) is 2.82. The van der Waals surface area contributed by atoms with Gasteiger partial charge in [-0.3, -0.25) is 0 Å². The molecule has 2 aliphatic heterocycles. The first-order chi connectivity index (χ1) is 8.60. The lowest BCUT2D eigenvalue weighted by Crippen LogP contribution is -2.29. The Kier molecular flexibility index (Phi) is 4.54. The summed E-state index contributed by atoms with van der Waals surface area (Å²) in [6, 6.07) is 0. The molecular weight excluding hydrogens is 231 g/mol.